The fourth-order valence-corrected chi connectivity index (χ4v) is 3.95. The average Bonchev–Trinajstić information content (AvgIpc) is 2.52. The van der Waals surface area contributed by atoms with Crippen LogP contribution in [-0.4, -0.2) is 27.1 Å². The summed E-state index contributed by atoms with van der Waals surface area (Å²) in [5.74, 6) is -0.342. The summed E-state index contributed by atoms with van der Waals surface area (Å²) in [6, 6.07) is 13.0. The van der Waals surface area contributed by atoms with Crippen LogP contribution in [0.4, 0.5) is 5.69 Å². The van der Waals surface area contributed by atoms with Gasteiger partial charge >= 0.3 is 0 Å². The minimum Gasteiger partial charge on any atom is -0.348 e. The molecule has 26 heavy (non-hydrogen) atoms. The largest absolute Gasteiger partial charge is 0.348 e. The normalized spacial score (nSPS) is 12.5. The van der Waals surface area contributed by atoms with E-state index in [0.29, 0.717) is 5.69 Å². The number of amides is 1. The highest BCUT2D eigenvalue weighted by atomic mass is 32.2. The molecule has 2 aromatic rings. The van der Waals surface area contributed by atoms with Crippen molar-refractivity contribution in [3.05, 3.63) is 64.7 Å². The Labute approximate surface area is 156 Å². The van der Waals surface area contributed by atoms with Gasteiger partial charge in [-0.3, -0.25) is 9.10 Å². The maximum absolute atomic E-state index is 12.5. The van der Waals surface area contributed by atoms with Gasteiger partial charge in [0.15, 0.2) is 0 Å². The predicted octanol–water partition coefficient (Wildman–Crippen LogP) is 3.26. The number of carbonyl (C=O) groups excluding carboxylic acids is 1. The summed E-state index contributed by atoms with van der Waals surface area (Å²) < 4.78 is 25.6. The molecule has 0 saturated carbocycles. The summed E-state index contributed by atoms with van der Waals surface area (Å²) in [4.78, 5) is 12.5. The first-order valence-electron chi connectivity index (χ1n) is 8.49. The summed E-state index contributed by atoms with van der Waals surface area (Å²) in [6.45, 7) is 7.49. The van der Waals surface area contributed by atoms with E-state index in [4.69, 9.17) is 0 Å². The Kier molecular flexibility index (Phi) is 6.08. The maximum Gasteiger partial charge on any atom is 0.241 e. The Bertz CT molecular complexity index is 907. The van der Waals surface area contributed by atoms with E-state index >= 15 is 0 Å². The number of benzene rings is 2. The van der Waals surface area contributed by atoms with Crippen molar-refractivity contribution in [1.29, 1.82) is 0 Å². The lowest BCUT2D eigenvalue weighted by Gasteiger charge is -2.25. The highest BCUT2D eigenvalue weighted by molar-refractivity contribution is 7.92. The van der Waals surface area contributed by atoms with Crippen molar-refractivity contribution >= 4 is 21.6 Å². The van der Waals surface area contributed by atoms with E-state index in [9.17, 15) is 13.2 Å². The van der Waals surface area contributed by atoms with Crippen molar-refractivity contribution < 1.29 is 13.2 Å². The number of hydrogen-bond acceptors (Lipinski definition) is 3. The van der Waals surface area contributed by atoms with Gasteiger partial charge in [0.25, 0.3) is 0 Å². The number of aryl methyl sites for hydroxylation is 3. The van der Waals surface area contributed by atoms with Gasteiger partial charge in [0.2, 0.25) is 15.9 Å². The molecule has 0 fully saturated rings. The molecule has 0 spiro atoms. The zero-order chi connectivity index (χ0) is 19.5. The predicted molar refractivity (Wildman–Crippen MR) is 106 cm³/mol. The maximum atomic E-state index is 12.5. The van der Waals surface area contributed by atoms with Crippen LogP contribution in [0.1, 0.15) is 35.2 Å². The van der Waals surface area contributed by atoms with E-state index in [2.05, 4.69) is 11.4 Å². The molecular formula is C20H26N2O3S. The molecule has 0 unspecified atom stereocenters. The Morgan fingerprint density at radius 3 is 2.31 bits per heavy atom. The van der Waals surface area contributed by atoms with Gasteiger partial charge in [-0.1, -0.05) is 42.0 Å². The third-order valence-electron chi connectivity index (χ3n) is 4.34. The van der Waals surface area contributed by atoms with Crippen LogP contribution >= 0.6 is 0 Å². The molecule has 0 aliphatic heterocycles. The van der Waals surface area contributed by atoms with Crippen LogP contribution in [0.3, 0.4) is 0 Å². The fourth-order valence-electron chi connectivity index (χ4n) is 3.03. The van der Waals surface area contributed by atoms with Gasteiger partial charge in [0, 0.05) is 0 Å². The molecule has 0 bridgehead atoms. The molecule has 6 heteroatoms. The van der Waals surface area contributed by atoms with Crippen molar-refractivity contribution in [2.45, 2.75) is 33.7 Å². The first-order valence-corrected chi connectivity index (χ1v) is 10.3. The molecule has 0 aliphatic rings. The minimum atomic E-state index is -3.58. The molecule has 0 heterocycles. The van der Waals surface area contributed by atoms with E-state index < -0.39 is 10.0 Å². The Morgan fingerprint density at radius 1 is 1.08 bits per heavy atom. The number of nitrogens with one attached hydrogen (secondary N) is 1. The summed E-state index contributed by atoms with van der Waals surface area (Å²) in [7, 11) is -3.58. The second-order valence-corrected chi connectivity index (χ2v) is 8.61. The zero-order valence-corrected chi connectivity index (χ0v) is 16.7. The third-order valence-corrected chi connectivity index (χ3v) is 5.47. The Morgan fingerprint density at radius 2 is 1.73 bits per heavy atom. The lowest BCUT2D eigenvalue weighted by atomic mass is 10.0. The summed E-state index contributed by atoms with van der Waals surface area (Å²) >= 11 is 0. The van der Waals surface area contributed by atoms with E-state index in [1.165, 1.54) is 0 Å². The van der Waals surface area contributed by atoms with Gasteiger partial charge < -0.3 is 5.32 Å². The SMILES string of the molecule is Cc1ccc([C@H](C)NC(=O)CN(c2ccccc2C)S(C)(=O)=O)c(C)c1. The molecular weight excluding hydrogens is 348 g/mol. The Balaban J connectivity index is 2.19. The van der Waals surface area contributed by atoms with Gasteiger partial charge in [-0.2, -0.15) is 0 Å². The highest BCUT2D eigenvalue weighted by Gasteiger charge is 2.23. The van der Waals surface area contributed by atoms with Crippen LogP contribution < -0.4 is 9.62 Å². The molecule has 2 rings (SSSR count). The third kappa shape index (κ3) is 4.85. The average molecular weight is 375 g/mol. The van der Waals surface area contributed by atoms with Gasteiger partial charge in [-0.25, -0.2) is 8.42 Å². The van der Waals surface area contributed by atoms with Gasteiger partial charge in [-0.05, 0) is 50.5 Å². The topological polar surface area (TPSA) is 66.5 Å². The number of rotatable bonds is 6. The second-order valence-electron chi connectivity index (χ2n) is 6.71. The summed E-state index contributed by atoms with van der Waals surface area (Å²) in [5, 5.41) is 2.90. The van der Waals surface area contributed by atoms with Crippen molar-refractivity contribution in [2.75, 3.05) is 17.1 Å². The number of nitrogens with zero attached hydrogens (tertiary/aromatic N) is 1. The second kappa shape index (κ2) is 7.91. The molecule has 0 aliphatic carbocycles. The molecule has 0 aromatic heterocycles. The van der Waals surface area contributed by atoms with E-state index in [1.807, 2.05) is 52.0 Å². The fraction of sp³-hybridized carbons (Fsp3) is 0.350. The van der Waals surface area contributed by atoms with Crippen molar-refractivity contribution in [3.63, 3.8) is 0 Å². The smallest absolute Gasteiger partial charge is 0.241 e. The van der Waals surface area contributed by atoms with E-state index in [0.717, 1.165) is 32.8 Å². The highest BCUT2D eigenvalue weighted by Crippen LogP contribution is 2.22. The minimum absolute atomic E-state index is 0.207. The lowest BCUT2D eigenvalue weighted by molar-refractivity contribution is -0.120. The number of sulfonamides is 1. The van der Waals surface area contributed by atoms with Crippen molar-refractivity contribution in [1.82, 2.24) is 5.32 Å². The molecule has 140 valence electrons. The number of hydrogen-bond donors (Lipinski definition) is 1. The quantitative estimate of drug-likeness (QED) is 0.844. The van der Waals surface area contributed by atoms with E-state index in [-0.39, 0.29) is 18.5 Å². The number of carbonyl (C=O) groups is 1. The number of para-hydroxylation sites is 1. The van der Waals surface area contributed by atoms with Crippen LogP contribution in [0.5, 0.6) is 0 Å². The Hall–Kier alpha value is -2.34. The molecule has 1 N–H and O–H groups in total. The molecule has 0 saturated heterocycles. The van der Waals surface area contributed by atoms with E-state index in [1.54, 1.807) is 12.1 Å². The molecule has 2 aromatic carbocycles. The van der Waals surface area contributed by atoms with Crippen LogP contribution in [-0.2, 0) is 14.8 Å². The van der Waals surface area contributed by atoms with Gasteiger partial charge in [-0.15, -0.1) is 0 Å². The molecule has 5 nitrogen and oxygen atoms in total. The molecule has 0 radical (unpaired) electrons. The molecule has 1 amide bonds. The monoisotopic (exact) mass is 374 g/mol. The van der Waals surface area contributed by atoms with Gasteiger partial charge in [0.05, 0.1) is 18.0 Å². The van der Waals surface area contributed by atoms with Crippen LogP contribution in [0.15, 0.2) is 42.5 Å². The zero-order valence-electron chi connectivity index (χ0n) is 15.9. The van der Waals surface area contributed by atoms with Crippen molar-refractivity contribution in [2.24, 2.45) is 0 Å². The summed E-state index contributed by atoms with van der Waals surface area (Å²) in [5.41, 5.74) is 4.59. The lowest BCUT2D eigenvalue weighted by Crippen LogP contribution is -2.41. The van der Waals surface area contributed by atoms with Crippen LogP contribution in [0, 0.1) is 20.8 Å². The molecule has 1 atom stereocenters. The summed E-state index contributed by atoms with van der Waals surface area (Å²) in [6.07, 6.45) is 1.11. The number of anilines is 1. The first-order chi connectivity index (χ1) is 12.1. The van der Waals surface area contributed by atoms with Crippen LogP contribution in [0.25, 0.3) is 0 Å². The van der Waals surface area contributed by atoms with Crippen LogP contribution in [0.2, 0.25) is 0 Å². The first kappa shape index (κ1) is 20.0. The van der Waals surface area contributed by atoms with Crippen molar-refractivity contribution in [3.8, 4) is 0 Å². The standard InChI is InChI=1S/C20H26N2O3S/c1-14-10-11-18(16(3)12-14)17(4)21-20(23)13-22(26(5,24)25)19-9-7-6-8-15(19)2/h6-12,17H,13H2,1-5H3,(H,21,23)/t17-/m0/s1. The van der Waals surface area contributed by atoms with Gasteiger partial charge in [0.1, 0.15) is 6.54 Å².